The normalized spacial score (nSPS) is 10.6. The third kappa shape index (κ3) is 3.77. The van der Waals surface area contributed by atoms with Gasteiger partial charge in [0.15, 0.2) is 11.6 Å². The van der Waals surface area contributed by atoms with Crippen molar-refractivity contribution >= 4 is 29.1 Å². The number of nitrogens with one attached hydrogen (secondary N) is 1. The van der Waals surface area contributed by atoms with E-state index in [1.54, 1.807) is 18.2 Å². The number of halogens is 1. The summed E-state index contributed by atoms with van der Waals surface area (Å²) in [7, 11) is 1.53. The topological polar surface area (TPSA) is 67.9 Å². The van der Waals surface area contributed by atoms with Crippen LogP contribution in [0.1, 0.15) is 10.4 Å². The van der Waals surface area contributed by atoms with Crippen molar-refractivity contribution in [3.05, 3.63) is 59.1 Å². The van der Waals surface area contributed by atoms with Gasteiger partial charge in [0.1, 0.15) is 5.75 Å². The highest BCUT2D eigenvalue weighted by molar-refractivity contribution is 7.99. The molecule has 3 aromatic rings. The van der Waals surface area contributed by atoms with Crippen LogP contribution >= 0.6 is 23.4 Å². The molecule has 2 aromatic carbocycles. The maximum absolute atomic E-state index is 12.3. The lowest BCUT2D eigenvalue weighted by molar-refractivity contribution is 0.102. The Morgan fingerprint density at radius 1 is 1.25 bits per heavy atom. The lowest BCUT2D eigenvalue weighted by Gasteiger charge is -2.04. The van der Waals surface area contributed by atoms with Crippen molar-refractivity contribution in [2.75, 3.05) is 12.9 Å². The Hall–Kier alpha value is -2.31. The standard InChI is InChI=1S/C17H14ClN3O2S/c1-23-15-8-7-12(9-13(15)18)14(22)10-24-17-19-16(20-21-17)11-5-3-2-4-6-11/h2-9H,10H2,1H3,(H,19,20,21). The summed E-state index contributed by atoms with van der Waals surface area (Å²) >= 11 is 7.33. The maximum atomic E-state index is 12.3. The number of aromatic amines is 1. The van der Waals surface area contributed by atoms with Gasteiger partial charge in [-0.05, 0) is 18.2 Å². The Bertz CT molecular complexity index is 852. The van der Waals surface area contributed by atoms with Crippen LogP contribution < -0.4 is 4.74 Å². The summed E-state index contributed by atoms with van der Waals surface area (Å²) in [6.45, 7) is 0. The van der Waals surface area contributed by atoms with Crippen LogP contribution in [0.4, 0.5) is 0 Å². The Morgan fingerprint density at radius 2 is 2.04 bits per heavy atom. The molecule has 7 heteroatoms. The molecule has 3 rings (SSSR count). The summed E-state index contributed by atoms with van der Waals surface area (Å²) in [6.07, 6.45) is 0. The zero-order valence-electron chi connectivity index (χ0n) is 12.8. The van der Waals surface area contributed by atoms with Crippen LogP contribution in [-0.4, -0.2) is 33.8 Å². The molecule has 0 atom stereocenters. The number of ketones is 1. The molecule has 0 saturated heterocycles. The van der Waals surface area contributed by atoms with Gasteiger partial charge in [-0.3, -0.25) is 9.89 Å². The van der Waals surface area contributed by atoms with E-state index in [2.05, 4.69) is 15.2 Å². The van der Waals surface area contributed by atoms with E-state index in [1.165, 1.54) is 18.9 Å². The lowest BCUT2D eigenvalue weighted by Crippen LogP contribution is -2.03. The first-order chi connectivity index (χ1) is 11.7. The zero-order valence-corrected chi connectivity index (χ0v) is 14.4. The summed E-state index contributed by atoms with van der Waals surface area (Å²) in [5, 5.41) is 7.95. The molecule has 1 aromatic heterocycles. The first-order valence-corrected chi connectivity index (χ1v) is 8.51. The second kappa shape index (κ2) is 7.51. The summed E-state index contributed by atoms with van der Waals surface area (Å²) in [5.74, 6) is 1.41. The highest BCUT2D eigenvalue weighted by atomic mass is 35.5. The number of aromatic nitrogens is 3. The minimum atomic E-state index is -0.0457. The van der Waals surface area contributed by atoms with Gasteiger partial charge in [-0.2, -0.15) is 0 Å². The lowest BCUT2D eigenvalue weighted by atomic mass is 10.1. The third-order valence-electron chi connectivity index (χ3n) is 3.32. The number of rotatable bonds is 6. The molecule has 0 saturated carbocycles. The van der Waals surface area contributed by atoms with Crippen LogP contribution in [0.5, 0.6) is 5.75 Å². The van der Waals surface area contributed by atoms with Gasteiger partial charge in [0.25, 0.3) is 0 Å². The average molecular weight is 360 g/mol. The smallest absolute Gasteiger partial charge is 0.209 e. The number of carbonyl (C=O) groups excluding carboxylic acids is 1. The van der Waals surface area contributed by atoms with Gasteiger partial charge in [0.05, 0.1) is 17.9 Å². The van der Waals surface area contributed by atoms with E-state index in [0.29, 0.717) is 27.3 Å². The van der Waals surface area contributed by atoms with Gasteiger partial charge in [-0.1, -0.05) is 53.7 Å². The first-order valence-electron chi connectivity index (χ1n) is 7.14. The molecule has 0 fully saturated rings. The summed E-state index contributed by atoms with van der Waals surface area (Å²) < 4.78 is 5.08. The van der Waals surface area contributed by atoms with Gasteiger partial charge in [-0.15, -0.1) is 5.10 Å². The van der Waals surface area contributed by atoms with E-state index in [1.807, 2.05) is 30.3 Å². The van der Waals surface area contributed by atoms with Gasteiger partial charge in [0, 0.05) is 11.1 Å². The first kappa shape index (κ1) is 16.5. The van der Waals surface area contributed by atoms with E-state index in [4.69, 9.17) is 16.3 Å². The number of hydrogen-bond donors (Lipinski definition) is 1. The van der Waals surface area contributed by atoms with Crippen molar-refractivity contribution in [3.63, 3.8) is 0 Å². The van der Waals surface area contributed by atoms with Gasteiger partial charge in [0.2, 0.25) is 5.16 Å². The molecule has 0 bridgehead atoms. The van der Waals surface area contributed by atoms with Gasteiger partial charge >= 0.3 is 0 Å². The van der Waals surface area contributed by atoms with E-state index >= 15 is 0 Å². The predicted molar refractivity (Wildman–Crippen MR) is 94.9 cm³/mol. The molecular formula is C17H14ClN3O2S. The van der Waals surface area contributed by atoms with Crippen molar-refractivity contribution in [1.82, 2.24) is 15.2 Å². The quantitative estimate of drug-likeness (QED) is 0.530. The van der Waals surface area contributed by atoms with Crippen molar-refractivity contribution in [2.24, 2.45) is 0 Å². The second-order valence-corrected chi connectivity index (χ2v) is 6.24. The molecule has 0 aliphatic heterocycles. The molecule has 1 N–H and O–H groups in total. The number of ether oxygens (including phenoxy) is 1. The number of Topliss-reactive ketones (excluding diaryl/α,β-unsaturated/α-hetero) is 1. The van der Waals surface area contributed by atoms with E-state index in [0.717, 1.165) is 5.56 Å². The number of nitrogens with zero attached hydrogens (tertiary/aromatic N) is 2. The number of H-pyrrole nitrogens is 1. The maximum Gasteiger partial charge on any atom is 0.209 e. The third-order valence-corrected chi connectivity index (χ3v) is 4.46. The number of hydrogen-bond acceptors (Lipinski definition) is 5. The molecule has 0 aliphatic carbocycles. The van der Waals surface area contributed by atoms with E-state index in [-0.39, 0.29) is 11.5 Å². The summed E-state index contributed by atoms with van der Waals surface area (Å²) in [6, 6.07) is 14.7. The average Bonchev–Trinajstić information content (AvgIpc) is 3.09. The molecule has 0 spiro atoms. The van der Waals surface area contributed by atoms with Gasteiger partial charge in [-0.25, -0.2) is 4.98 Å². The monoisotopic (exact) mass is 359 g/mol. The molecule has 0 unspecified atom stereocenters. The van der Waals surface area contributed by atoms with E-state index in [9.17, 15) is 4.79 Å². The molecular weight excluding hydrogens is 346 g/mol. The number of thioether (sulfide) groups is 1. The summed E-state index contributed by atoms with van der Waals surface area (Å²) in [4.78, 5) is 16.6. The molecule has 1 heterocycles. The van der Waals surface area contributed by atoms with Crippen LogP contribution in [-0.2, 0) is 0 Å². The second-order valence-electron chi connectivity index (χ2n) is 4.89. The fourth-order valence-corrected chi connectivity index (χ4v) is 3.04. The van der Waals surface area contributed by atoms with Crippen LogP contribution in [0.25, 0.3) is 11.4 Å². The highest BCUT2D eigenvalue weighted by Gasteiger charge is 2.12. The zero-order chi connectivity index (χ0) is 16.9. The molecule has 0 amide bonds. The molecule has 24 heavy (non-hydrogen) atoms. The summed E-state index contributed by atoms with van der Waals surface area (Å²) in [5.41, 5.74) is 1.48. The van der Waals surface area contributed by atoms with Crippen molar-refractivity contribution < 1.29 is 9.53 Å². The fourth-order valence-electron chi connectivity index (χ4n) is 2.09. The Kier molecular flexibility index (Phi) is 5.17. The molecule has 122 valence electrons. The highest BCUT2D eigenvalue weighted by Crippen LogP contribution is 2.26. The predicted octanol–water partition coefficient (Wildman–Crippen LogP) is 4.11. The van der Waals surface area contributed by atoms with Crippen molar-refractivity contribution in [2.45, 2.75) is 5.16 Å². The van der Waals surface area contributed by atoms with Crippen LogP contribution in [0.3, 0.4) is 0 Å². The van der Waals surface area contributed by atoms with Crippen molar-refractivity contribution in [1.29, 1.82) is 0 Å². The van der Waals surface area contributed by atoms with Crippen molar-refractivity contribution in [3.8, 4) is 17.1 Å². The Morgan fingerprint density at radius 3 is 2.75 bits per heavy atom. The Balaban J connectivity index is 1.65. The number of methoxy groups -OCH3 is 1. The van der Waals surface area contributed by atoms with Crippen LogP contribution in [0.2, 0.25) is 5.02 Å². The number of benzene rings is 2. The van der Waals surface area contributed by atoms with Gasteiger partial charge < -0.3 is 4.74 Å². The minimum Gasteiger partial charge on any atom is -0.495 e. The molecule has 0 aliphatic rings. The Labute approximate surface area is 148 Å². The SMILES string of the molecule is COc1ccc(C(=O)CSc2n[nH]c(-c3ccccc3)n2)cc1Cl. The molecule has 5 nitrogen and oxygen atoms in total. The molecule has 0 radical (unpaired) electrons. The van der Waals surface area contributed by atoms with E-state index < -0.39 is 0 Å². The van der Waals surface area contributed by atoms with Crippen LogP contribution in [0.15, 0.2) is 53.7 Å². The largest absolute Gasteiger partial charge is 0.495 e. The minimum absolute atomic E-state index is 0.0457. The van der Waals surface area contributed by atoms with Crippen LogP contribution in [0, 0.1) is 0 Å². The fraction of sp³-hybridized carbons (Fsp3) is 0.118. The number of carbonyl (C=O) groups is 1.